The van der Waals surface area contributed by atoms with E-state index in [1.165, 1.54) is 0 Å². The normalized spacial score (nSPS) is 26.7. The van der Waals surface area contributed by atoms with Gasteiger partial charge in [-0.05, 0) is 44.7 Å². The molecule has 162 valence electrons. The lowest BCUT2D eigenvalue weighted by Crippen LogP contribution is -2.47. The van der Waals surface area contributed by atoms with E-state index in [1.54, 1.807) is 0 Å². The number of pyridine rings is 1. The fourth-order valence-electron chi connectivity index (χ4n) is 5.51. The van der Waals surface area contributed by atoms with Crippen LogP contribution in [0.25, 0.3) is 0 Å². The van der Waals surface area contributed by atoms with E-state index in [0.717, 1.165) is 79.7 Å². The number of aliphatic hydroxyl groups excluding tert-OH is 1. The van der Waals surface area contributed by atoms with Gasteiger partial charge in [0.2, 0.25) is 0 Å². The fraction of sp³-hybridized carbons (Fsp3) is 0.565. The SMILES string of the molecule is C[C@@H]1OCC2(CCN(c3cnc4c(n3)CN=C4N3CCCc4ncccc43)CC2)C1O. The molecule has 4 aliphatic heterocycles. The van der Waals surface area contributed by atoms with Crippen molar-refractivity contribution in [1.29, 1.82) is 0 Å². The third kappa shape index (κ3) is 3.03. The Labute approximate surface area is 182 Å². The van der Waals surface area contributed by atoms with E-state index < -0.39 is 0 Å². The average molecular weight is 421 g/mol. The van der Waals surface area contributed by atoms with Gasteiger partial charge >= 0.3 is 0 Å². The summed E-state index contributed by atoms with van der Waals surface area (Å²) < 4.78 is 5.73. The zero-order valence-electron chi connectivity index (χ0n) is 17.9. The number of hydrogen-bond donors (Lipinski definition) is 1. The van der Waals surface area contributed by atoms with Crippen LogP contribution in [0.3, 0.4) is 0 Å². The minimum atomic E-state index is -0.376. The summed E-state index contributed by atoms with van der Waals surface area (Å²) in [4.78, 5) is 23.6. The Bertz CT molecular complexity index is 1030. The largest absolute Gasteiger partial charge is 0.390 e. The number of amidine groups is 1. The molecule has 2 saturated heterocycles. The van der Waals surface area contributed by atoms with Crippen molar-refractivity contribution in [3.05, 3.63) is 41.6 Å². The molecule has 6 heterocycles. The van der Waals surface area contributed by atoms with E-state index in [1.807, 2.05) is 25.4 Å². The van der Waals surface area contributed by atoms with Crippen LogP contribution in [0.1, 0.15) is 43.3 Å². The summed E-state index contributed by atoms with van der Waals surface area (Å²) in [6.07, 6.45) is 7.19. The second-order valence-electron chi connectivity index (χ2n) is 9.20. The van der Waals surface area contributed by atoms with Crippen LogP contribution >= 0.6 is 0 Å². The molecule has 0 radical (unpaired) electrons. The van der Waals surface area contributed by atoms with Crippen LogP contribution in [0.15, 0.2) is 29.5 Å². The zero-order valence-corrected chi connectivity index (χ0v) is 17.9. The quantitative estimate of drug-likeness (QED) is 0.755. The molecular formula is C23H28N6O2. The smallest absolute Gasteiger partial charge is 0.156 e. The van der Waals surface area contributed by atoms with E-state index in [4.69, 9.17) is 19.7 Å². The number of anilines is 2. The average Bonchev–Trinajstić information content (AvgIpc) is 3.36. The summed E-state index contributed by atoms with van der Waals surface area (Å²) in [5, 5.41) is 10.6. The predicted octanol–water partition coefficient (Wildman–Crippen LogP) is 1.95. The fourth-order valence-corrected chi connectivity index (χ4v) is 5.51. The van der Waals surface area contributed by atoms with Crippen LogP contribution in [0.2, 0.25) is 0 Å². The molecule has 0 aliphatic carbocycles. The van der Waals surface area contributed by atoms with Gasteiger partial charge in [0.1, 0.15) is 11.5 Å². The van der Waals surface area contributed by atoms with Gasteiger partial charge in [-0.3, -0.25) is 9.98 Å². The van der Waals surface area contributed by atoms with Crippen molar-refractivity contribution in [2.45, 2.75) is 51.4 Å². The summed E-state index contributed by atoms with van der Waals surface area (Å²) in [6, 6.07) is 4.11. The lowest BCUT2D eigenvalue weighted by atomic mass is 9.74. The third-order valence-electron chi connectivity index (χ3n) is 7.42. The highest BCUT2D eigenvalue weighted by atomic mass is 16.5. The number of aryl methyl sites for hydroxylation is 1. The number of fused-ring (bicyclic) bond motifs is 2. The van der Waals surface area contributed by atoms with Crippen molar-refractivity contribution in [1.82, 2.24) is 15.0 Å². The van der Waals surface area contributed by atoms with E-state index in [-0.39, 0.29) is 17.6 Å². The van der Waals surface area contributed by atoms with Crippen molar-refractivity contribution in [2.75, 3.05) is 36.0 Å². The first-order valence-corrected chi connectivity index (χ1v) is 11.3. The Morgan fingerprint density at radius 1 is 1.16 bits per heavy atom. The van der Waals surface area contributed by atoms with Crippen LogP contribution in [0, 0.1) is 5.41 Å². The monoisotopic (exact) mass is 420 g/mol. The van der Waals surface area contributed by atoms with Crippen molar-refractivity contribution in [2.24, 2.45) is 10.4 Å². The van der Waals surface area contributed by atoms with Gasteiger partial charge in [0.25, 0.3) is 0 Å². The molecular weight excluding hydrogens is 392 g/mol. The van der Waals surface area contributed by atoms with Gasteiger partial charge < -0.3 is 19.6 Å². The maximum absolute atomic E-state index is 10.6. The lowest BCUT2D eigenvalue weighted by Gasteiger charge is -2.41. The van der Waals surface area contributed by atoms with Crippen molar-refractivity contribution < 1.29 is 9.84 Å². The van der Waals surface area contributed by atoms with E-state index >= 15 is 0 Å². The van der Waals surface area contributed by atoms with Crippen LogP contribution in [-0.4, -0.2) is 64.3 Å². The van der Waals surface area contributed by atoms with Gasteiger partial charge in [0.15, 0.2) is 5.84 Å². The van der Waals surface area contributed by atoms with Gasteiger partial charge in [-0.25, -0.2) is 9.97 Å². The molecule has 31 heavy (non-hydrogen) atoms. The molecule has 2 fully saturated rings. The number of aliphatic imine (C=N–C) groups is 1. The summed E-state index contributed by atoms with van der Waals surface area (Å²) in [5.41, 5.74) is 4.00. The van der Waals surface area contributed by atoms with E-state index in [9.17, 15) is 5.11 Å². The second-order valence-corrected chi connectivity index (χ2v) is 9.20. The van der Waals surface area contributed by atoms with Crippen LogP contribution in [0.5, 0.6) is 0 Å². The highest BCUT2D eigenvalue weighted by Gasteiger charge is 2.48. The van der Waals surface area contributed by atoms with Crippen molar-refractivity contribution >= 4 is 17.3 Å². The first-order valence-electron chi connectivity index (χ1n) is 11.3. The van der Waals surface area contributed by atoms with Crippen molar-refractivity contribution in [3.63, 3.8) is 0 Å². The number of rotatable bonds is 1. The Balaban J connectivity index is 1.21. The number of aliphatic hydroxyl groups is 1. The van der Waals surface area contributed by atoms with Crippen LogP contribution < -0.4 is 9.80 Å². The standard InChI is InChI=1S/C23H28N6O2/c1-15-21(30)23(14-31-15)6-10-28(11-7-23)19-13-25-20-17(27-19)12-26-22(20)29-9-3-4-16-18(29)5-2-8-24-16/h2,5,8,13,15,21,30H,3-4,6-7,9-12,14H2,1H3/t15-,21?/m0/s1. The number of ether oxygens (including phenoxy) is 1. The van der Waals surface area contributed by atoms with Gasteiger partial charge in [-0.1, -0.05) is 0 Å². The predicted molar refractivity (Wildman–Crippen MR) is 117 cm³/mol. The van der Waals surface area contributed by atoms with Crippen LogP contribution in [0.4, 0.5) is 11.5 Å². The molecule has 8 nitrogen and oxygen atoms in total. The number of nitrogens with zero attached hydrogens (tertiary/aromatic N) is 6. The topological polar surface area (TPSA) is 87.0 Å². The summed E-state index contributed by atoms with van der Waals surface area (Å²) >= 11 is 0. The molecule has 1 unspecified atom stereocenters. The first-order chi connectivity index (χ1) is 15.1. The minimum Gasteiger partial charge on any atom is -0.390 e. The van der Waals surface area contributed by atoms with Gasteiger partial charge in [-0.15, -0.1) is 0 Å². The molecule has 2 aromatic heterocycles. The summed E-state index contributed by atoms with van der Waals surface area (Å²) in [5.74, 6) is 1.83. The number of piperidine rings is 1. The van der Waals surface area contributed by atoms with Crippen LogP contribution in [-0.2, 0) is 17.7 Å². The molecule has 8 heteroatoms. The molecule has 6 rings (SSSR count). The van der Waals surface area contributed by atoms with Gasteiger partial charge in [-0.2, -0.15) is 0 Å². The number of hydrogen-bond acceptors (Lipinski definition) is 8. The lowest BCUT2D eigenvalue weighted by molar-refractivity contribution is 0.0249. The van der Waals surface area contributed by atoms with Gasteiger partial charge in [0, 0.05) is 31.2 Å². The molecule has 0 aromatic carbocycles. The minimum absolute atomic E-state index is 0.0722. The molecule has 0 amide bonds. The first kappa shape index (κ1) is 19.1. The van der Waals surface area contributed by atoms with E-state index in [2.05, 4.69) is 20.9 Å². The second kappa shape index (κ2) is 7.24. The molecule has 2 atom stereocenters. The summed E-state index contributed by atoms with van der Waals surface area (Å²) in [6.45, 7) is 5.84. The molecule has 4 aliphatic rings. The molecule has 1 spiro atoms. The Hall–Kier alpha value is -2.58. The van der Waals surface area contributed by atoms with Crippen molar-refractivity contribution in [3.8, 4) is 0 Å². The maximum atomic E-state index is 10.6. The Kier molecular flexibility index (Phi) is 4.47. The number of aromatic nitrogens is 3. The Morgan fingerprint density at radius 2 is 2.03 bits per heavy atom. The summed E-state index contributed by atoms with van der Waals surface area (Å²) in [7, 11) is 0. The molecule has 2 aromatic rings. The Morgan fingerprint density at radius 3 is 2.84 bits per heavy atom. The highest BCUT2D eigenvalue weighted by Crippen LogP contribution is 2.42. The third-order valence-corrected chi connectivity index (χ3v) is 7.42. The molecule has 1 N–H and O–H groups in total. The van der Waals surface area contributed by atoms with Gasteiger partial charge in [0.05, 0.1) is 48.6 Å². The zero-order chi connectivity index (χ0) is 21.0. The highest BCUT2D eigenvalue weighted by molar-refractivity contribution is 6.11. The molecule has 0 saturated carbocycles. The van der Waals surface area contributed by atoms with E-state index in [0.29, 0.717) is 13.2 Å². The maximum Gasteiger partial charge on any atom is 0.156 e. The molecule has 0 bridgehead atoms.